The number of aromatic nitrogens is 1. The normalized spacial score (nSPS) is 12.4. The van der Waals surface area contributed by atoms with Crippen molar-refractivity contribution in [2.75, 3.05) is 0 Å². The first-order valence-electron chi connectivity index (χ1n) is 5.53. The SMILES string of the molecule is Cc1ccc(C(O)Cc2ccc(O)cc2)nc1. The smallest absolute Gasteiger partial charge is 0.115 e. The number of aliphatic hydroxyl groups is 1. The number of rotatable bonds is 3. The van der Waals surface area contributed by atoms with E-state index in [-0.39, 0.29) is 5.75 Å². The van der Waals surface area contributed by atoms with Gasteiger partial charge in [0.15, 0.2) is 0 Å². The number of aryl methyl sites for hydroxylation is 1. The van der Waals surface area contributed by atoms with Crippen molar-refractivity contribution >= 4 is 0 Å². The Bertz CT molecular complexity index is 477. The van der Waals surface area contributed by atoms with Gasteiger partial charge in [-0.05, 0) is 36.2 Å². The first-order chi connectivity index (χ1) is 8.15. The molecule has 2 aromatic rings. The molecule has 3 heteroatoms. The largest absolute Gasteiger partial charge is 0.508 e. The molecule has 0 fully saturated rings. The predicted molar refractivity (Wildman–Crippen MR) is 65.7 cm³/mol. The van der Waals surface area contributed by atoms with Crippen molar-refractivity contribution in [1.82, 2.24) is 4.98 Å². The molecular weight excluding hydrogens is 214 g/mol. The molecule has 1 heterocycles. The van der Waals surface area contributed by atoms with Crippen LogP contribution in [0.1, 0.15) is 22.9 Å². The molecule has 1 unspecified atom stereocenters. The Hall–Kier alpha value is -1.87. The molecule has 0 aliphatic heterocycles. The van der Waals surface area contributed by atoms with Crippen LogP contribution in [0.15, 0.2) is 42.6 Å². The van der Waals surface area contributed by atoms with Gasteiger partial charge in [0.05, 0.1) is 11.8 Å². The van der Waals surface area contributed by atoms with E-state index in [1.807, 2.05) is 19.1 Å². The standard InChI is InChI=1S/C14H15NO2/c1-10-2-7-13(15-9-10)14(17)8-11-3-5-12(16)6-4-11/h2-7,9,14,16-17H,8H2,1H3. The Morgan fingerprint density at radius 2 is 1.82 bits per heavy atom. The molecule has 1 aromatic heterocycles. The monoisotopic (exact) mass is 229 g/mol. The van der Waals surface area contributed by atoms with Gasteiger partial charge in [-0.1, -0.05) is 18.2 Å². The van der Waals surface area contributed by atoms with E-state index in [4.69, 9.17) is 5.11 Å². The van der Waals surface area contributed by atoms with Gasteiger partial charge in [-0.25, -0.2) is 0 Å². The molecule has 17 heavy (non-hydrogen) atoms. The molecule has 3 nitrogen and oxygen atoms in total. The molecule has 2 rings (SSSR count). The molecule has 0 aliphatic carbocycles. The molecule has 0 aliphatic rings. The van der Waals surface area contributed by atoms with Gasteiger partial charge >= 0.3 is 0 Å². The van der Waals surface area contributed by atoms with Gasteiger partial charge in [-0.3, -0.25) is 4.98 Å². The van der Waals surface area contributed by atoms with Gasteiger partial charge in [0, 0.05) is 12.6 Å². The van der Waals surface area contributed by atoms with E-state index in [9.17, 15) is 5.11 Å². The van der Waals surface area contributed by atoms with Gasteiger partial charge in [0.2, 0.25) is 0 Å². The zero-order valence-electron chi connectivity index (χ0n) is 9.67. The topological polar surface area (TPSA) is 53.4 Å². The number of aromatic hydroxyl groups is 1. The van der Waals surface area contributed by atoms with Crippen LogP contribution < -0.4 is 0 Å². The van der Waals surface area contributed by atoms with Gasteiger partial charge in [-0.2, -0.15) is 0 Å². The van der Waals surface area contributed by atoms with Crippen LogP contribution in [-0.4, -0.2) is 15.2 Å². The highest BCUT2D eigenvalue weighted by molar-refractivity contribution is 5.27. The average molecular weight is 229 g/mol. The lowest BCUT2D eigenvalue weighted by molar-refractivity contribution is 0.173. The van der Waals surface area contributed by atoms with E-state index in [1.165, 1.54) is 0 Å². The molecule has 88 valence electrons. The second kappa shape index (κ2) is 4.97. The third-order valence-corrected chi connectivity index (χ3v) is 2.64. The Morgan fingerprint density at radius 3 is 2.41 bits per heavy atom. The van der Waals surface area contributed by atoms with E-state index >= 15 is 0 Å². The molecule has 0 saturated carbocycles. The number of aliphatic hydroxyl groups excluding tert-OH is 1. The minimum Gasteiger partial charge on any atom is -0.508 e. The molecule has 0 radical (unpaired) electrons. The highest BCUT2D eigenvalue weighted by atomic mass is 16.3. The van der Waals surface area contributed by atoms with Crippen molar-refractivity contribution in [2.24, 2.45) is 0 Å². The molecular formula is C14H15NO2. The summed E-state index contributed by atoms with van der Waals surface area (Å²) < 4.78 is 0. The van der Waals surface area contributed by atoms with Crippen LogP contribution in [0, 0.1) is 6.92 Å². The maximum atomic E-state index is 10.0. The first kappa shape index (κ1) is 11.6. The highest BCUT2D eigenvalue weighted by Gasteiger charge is 2.09. The van der Waals surface area contributed by atoms with E-state index in [2.05, 4.69) is 4.98 Å². The number of hydrogen-bond acceptors (Lipinski definition) is 3. The molecule has 1 aromatic carbocycles. The summed E-state index contributed by atoms with van der Waals surface area (Å²) in [5.74, 6) is 0.233. The number of benzene rings is 1. The summed E-state index contributed by atoms with van der Waals surface area (Å²) in [5, 5.41) is 19.2. The van der Waals surface area contributed by atoms with Crippen molar-refractivity contribution in [2.45, 2.75) is 19.4 Å². The van der Waals surface area contributed by atoms with Crippen molar-refractivity contribution in [1.29, 1.82) is 0 Å². The molecule has 0 saturated heterocycles. The third kappa shape index (κ3) is 3.04. The number of phenols is 1. The van der Waals surface area contributed by atoms with Crippen LogP contribution in [-0.2, 0) is 6.42 Å². The summed E-state index contributed by atoms with van der Waals surface area (Å²) in [5.41, 5.74) is 2.71. The van der Waals surface area contributed by atoms with Gasteiger partial charge in [0.25, 0.3) is 0 Å². The maximum Gasteiger partial charge on any atom is 0.115 e. The number of hydrogen-bond donors (Lipinski definition) is 2. The van der Waals surface area contributed by atoms with Crippen LogP contribution in [0.4, 0.5) is 0 Å². The average Bonchev–Trinajstić information content (AvgIpc) is 2.33. The van der Waals surface area contributed by atoms with E-state index in [1.54, 1.807) is 30.5 Å². The molecule has 0 amide bonds. The fourth-order valence-electron chi connectivity index (χ4n) is 1.64. The van der Waals surface area contributed by atoms with E-state index < -0.39 is 6.10 Å². The Balaban J connectivity index is 2.08. The van der Waals surface area contributed by atoms with Crippen LogP contribution in [0.2, 0.25) is 0 Å². The van der Waals surface area contributed by atoms with E-state index in [0.29, 0.717) is 12.1 Å². The van der Waals surface area contributed by atoms with Crippen LogP contribution in [0.5, 0.6) is 5.75 Å². The predicted octanol–water partition coefficient (Wildman–Crippen LogP) is 2.37. The van der Waals surface area contributed by atoms with Crippen LogP contribution in [0.3, 0.4) is 0 Å². The summed E-state index contributed by atoms with van der Waals surface area (Å²) in [6.45, 7) is 1.96. The summed E-state index contributed by atoms with van der Waals surface area (Å²) in [6, 6.07) is 10.6. The van der Waals surface area contributed by atoms with Crippen LogP contribution in [0.25, 0.3) is 0 Å². The fraction of sp³-hybridized carbons (Fsp3) is 0.214. The van der Waals surface area contributed by atoms with Gasteiger partial charge in [0.1, 0.15) is 5.75 Å². The van der Waals surface area contributed by atoms with Crippen molar-refractivity contribution < 1.29 is 10.2 Å². The lowest BCUT2D eigenvalue weighted by Crippen LogP contribution is -2.03. The zero-order valence-corrected chi connectivity index (χ0v) is 9.67. The minimum absolute atomic E-state index is 0.233. The quantitative estimate of drug-likeness (QED) is 0.849. The maximum absolute atomic E-state index is 10.0. The number of nitrogens with zero attached hydrogens (tertiary/aromatic N) is 1. The molecule has 0 bridgehead atoms. The fourth-order valence-corrected chi connectivity index (χ4v) is 1.64. The molecule has 0 spiro atoms. The lowest BCUT2D eigenvalue weighted by atomic mass is 10.0. The van der Waals surface area contributed by atoms with Crippen molar-refractivity contribution in [3.63, 3.8) is 0 Å². The highest BCUT2D eigenvalue weighted by Crippen LogP contribution is 2.18. The molecule has 2 N–H and O–H groups in total. The van der Waals surface area contributed by atoms with Crippen molar-refractivity contribution in [3.8, 4) is 5.75 Å². The number of pyridine rings is 1. The summed E-state index contributed by atoms with van der Waals surface area (Å²) >= 11 is 0. The van der Waals surface area contributed by atoms with E-state index in [0.717, 1.165) is 11.1 Å². The van der Waals surface area contributed by atoms with Crippen LogP contribution >= 0.6 is 0 Å². The molecule has 1 atom stereocenters. The Labute approximate surface area is 100 Å². The van der Waals surface area contributed by atoms with Crippen molar-refractivity contribution in [3.05, 3.63) is 59.4 Å². The summed E-state index contributed by atoms with van der Waals surface area (Å²) in [7, 11) is 0. The lowest BCUT2D eigenvalue weighted by Gasteiger charge is -2.10. The summed E-state index contributed by atoms with van der Waals surface area (Å²) in [6.07, 6.45) is 1.63. The third-order valence-electron chi connectivity index (χ3n) is 2.64. The second-order valence-corrected chi connectivity index (χ2v) is 4.15. The minimum atomic E-state index is -0.611. The zero-order chi connectivity index (χ0) is 12.3. The summed E-state index contributed by atoms with van der Waals surface area (Å²) in [4.78, 5) is 4.19. The number of phenolic OH excluding ortho intramolecular Hbond substituents is 1. The van der Waals surface area contributed by atoms with Gasteiger partial charge in [-0.15, -0.1) is 0 Å². The Kier molecular flexibility index (Phi) is 3.40. The van der Waals surface area contributed by atoms with Gasteiger partial charge < -0.3 is 10.2 Å². The first-order valence-corrected chi connectivity index (χ1v) is 5.53. The second-order valence-electron chi connectivity index (χ2n) is 4.15. The Morgan fingerprint density at radius 1 is 1.12 bits per heavy atom.